The van der Waals surface area contributed by atoms with Crippen LogP contribution in [0.15, 0.2) is 18.2 Å². The van der Waals surface area contributed by atoms with E-state index in [4.69, 9.17) is 16.7 Å². The number of aliphatic carboxylic acids is 1. The van der Waals surface area contributed by atoms with Crippen LogP contribution in [0, 0.1) is 11.7 Å². The van der Waals surface area contributed by atoms with Crippen molar-refractivity contribution < 1.29 is 19.1 Å². The molecule has 24 heavy (non-hydrogen) atoms. The molecule has 2 unspecified atom stereocenters. The predicted molar refractivity (Wildman–Crippen MR) is 88.3 cm³/mol. The number of hydrogen-bond acceptors (Lipinski definition) is 4. The minimum Gasteiger partial charge on any atom is -0.481 e. The van der Waals surface area contributed by atoms with E-state index in [9.17, 15) is 14.0 Å². The first-order chi connectivity index (χ1) is 11.3. The highest BCUT2D eigenvalue weighted by Crippen LogP contribution is 2.31. The number of rotatable bonds is 6. The lowest BCUT2D eigenvalue weighted by Gasteiger charge is -2.24. The summed E-state index contributed by atoms with van der Waals surface area (Å²) in [5.74, 6) is -2.76. The predicted octanol–water partition coefficient (Wildman–Crippen LogP) is 1.76. The van der Waals surface area contributed by atoms with Crippen LogP contribution in [0.5, 0.6) is 0 Å². The van der Waals surface area contributed by atoms with Gasteiger partial charge >= 0.3 is 5.97 Å². The van der Waals surface area contributed by atoms with Crippen LogP contribution in [0.4, 0.5) is 4.39 Å². The molecule has 0 aromatic heterocycles. The molecular formula is C16H21ClFN3O3. The highest BCUT2D eigenvalue weighted by molar-refractivity contribution is 6.21. The van der Waals surface area contributed by atoms with Gasteiger partial charge in [-0.05, 0) is 23.8 Å². The highest BCUT2D eigenvalue weighted by atomic mass is 35.5. The van der Waals surface area contributed by atoms with Crippen LogP contribution < -0.4 is 10.7 Å². The van der Waals surface area contributed by atoms with Gasteiger partial charge in [-0.15, -0.1) is 11.6 Å². The lowest BCUT2D eigenvalue weighted by atomic mass is 10.0. The molecule has 1 aromatic rings. The number of alkyl halides is 1. The molecule has 0 bridgehead atoms. The summed E-state index contributed by atoms with van der Waals surface area (Å²) in [4.78, 5) is 23.0. The average molecular weight is 358 g/mol. The van der Waals surface area contributed by atoms with Crippen LogP contribution in [0.25, 0.3) is 0 Å². The average Bonchev–Trinajstić information content (AvgIpc) is 2.92. The number of hydrogen-bond donors (Lipinski definition) is 3. The zero-order chi connectivity index (χ0) is 17.9. The summed E-state index contributed by atoms with van der Waals surface area (Å²) < 4.78 is 14.0. The monoisotopic (exact) mass is 357 g/mol. The fourth-order valence-electron chi connectivity index (χ4n) is 2.66. The number of nitrogens with zero attached hydrogens (tertiary/aromatic N) is 1. The Kier molecular flexibility index (Phi) is 6.15. The summed E-state index contributed by atoms with van der Waals surface area (Å²) in [7, 11) is 0. The molecule has 1 aliphatic heterocycles. The van der Waals surface area contributed by atoms with Gasteiger partial charge in [0, 0.05) is 25.2 Å². The normalized spacial score (nSPS) is 22.3. The molecule has 1 amide bonds. The third-order valence-corrected chi connectivity index (χ3v) is 4.42. The molecule has 3 atom stereocenters. The molecule has 6 nitrogen and oxygen atoms in total. The standard InChI is InChI=1S/C16H21ClFN3O3/c1-3-21-14(13(17)8-20-21)10-4-11(6-12(18)5-10)15(22)19-7-9(2)16(23)24/h4-6,9,13-14,20H,3,7-8H2,1-2H3,(H,19,22)(H,23,24)/t9-,13?,14?/m1/s1. The van der Waals surface area contributed by atoms with Crippen LogP contribution in [-0.4, -0.2) is 47.0 Å². The summed E-state index contributed by atoms with van der Waals surface area (Å²) in [6.07, 6.45) is 0. The van der Waals surface area contributed by atoms with Gasteiger partial charge in [-0.1, -0.05) is 13.8 Å². The molecule has 0 saturated carbocycles. The number of amides is 1. The number of hydrazine groups is 1. The molecule has 1 aliphatic rings. The SMILES string of the molecule is CCN1NCC(Cl)C1c1cc(F)cc(C(=O)NC[C@@H](C)C(=O)O)c1. The van der Waals surface area contributed by atoms with Gasteiger partial charge in [0.05, 0.1) is 17.3 Å². The Morgan fingerprint density at radius 1 is 1.50 bits per heavy atom. The summed E-state index contributed by atoms with van der Waals surface area (Å²) in [5, 5.41) is 13.0. The van der Waals surface area contributed by atoms with Crippen molar-refractivity contribution in [2.45, 2.75) is 25.3 Å². The van der Waals surface area contributed by atoms with Gasteiger partial charge in [0.15, 0.2) is 0 Å². The number of benzene rings is 1. The Morgan fingerprint density at radius 2 is 2.21 bits per heavy atom. The van der Waals surface area contributed by atoms with E-state index in [-0.39, 0.29) is 23.5 Å². The fraction of sp³-hybridized carbons (Fsp3) is 0.500. The lowest BCUT2D eigenvalue weighted by Crippen LogP contribution is -2.33. The maximum Gasteiger partial charge on any atom is 0.308 e. The van der Waals surface area contributed by atoms with Crippen LogP contribution in [-0.2, 0) is 4.79 Å². The Labute approximate surface area is 144 Å². The van der Waals surface area contributed by atoms with E-state index >= 15 is 0 Å². The van der Waals surface area contributed by atoms with E-state index in [1.807, 2.05) is 11.9 Å². The van der Waals surface area contributed by atoms with Crippen molar-refractivity contribution in [3.8, 4) is 0 Å². The van der Waals surface area contributed by atoms with E-state index in [0.29, 0.717) is 18.7 Å². The highest BCUT2D eigenvalue weighted by Gasteiger charge is 2.33. The minimum atomic E-state index is -1.00. The smallest absolute Gasteiger partial charge is 0.308 e. The summed E-state index contributed by atoms with van der Waals surface area (Å²) >= 11 is 6.32. The van der Waals surface area contributed by atoms with E-state index in [1.54, 1.807) is 6.07 Å². The summed E-state index contributed by atoms with van der Waals surface area (Å²) in [6, 6.07) is 3.86. The molecule has 1 saturated heterocycles. The van der Waals surface area contributed by atoms with Gasteiger partial charge in [-0.2, -0.15) is 0 Å². The van der Waals surface area contributed by atoms with Crippen molar-refractivity contribution in [1.82, 2.24) is 15.8 Å². The third-order valence-electron chi connectivity index (χ3n) is 4.02. The number of carboxylic acid groups (broad SMARTS) is 1. The van der Waals surface area contributed by atoms with Crippen molar-refractivity contribution >= 4 is 23.5 Å². The maximum absolute atomic E-state index is 14.0. The third kappa shape index (κ3) is 4.23. The van der Waals surface area contributed by atoms with Gasteiger partial charge in [0.1, 0.15) is 5.82 Å². The molecule has 1 heterocycles. The number of halogens is 2. The second kappa shape index (κ2) is 7.92. The molecule has 0 spiro atoms. The lowest BCUT2D eigenvalue weighted by molar-refractivity contribution is -0.140. The van der Waals surface area contributed by atoms with E-state index < -0.39 is 23.6 Å². The quantitative estimate of drug-likeness (QED) is 0.676. The van der Waals surface area contributed by atoms with Gasteiger partial charge in [0.2, 0.25) is 0 Å². The number of carboxylic acids is 1. The van der Waals surface area contributed by atoms with Crippen molar-refractivity contribution in [2.24, 2.45) is 5.92 Å². The first-order valence-electron chi connectivity index (χ1n) is 7.79. The Balaban J connectivity index is 2.19. The van der Waals surface area contributed by atoms with Crippen LogP contribution in [0.1, 0.15) is 35.8 Å². The van der Waals surface area contributed by atoms with Crippen LogP contribution in [0.2, 0.25) is 0 Å². The van der Waals surface area contributed by atoms with Gasteiger partial charge < -0.3 is 10.4 Å². The molecule has 0 aliphatic carbocycles. The minimum absolute atomic E-state index is 0.0236. The molecule has 132 valence electrons. The molecule has 0 radical (unpaired) electrons. The first-order valence-corrected chi connectivity index (χ1v) is 8.22. The van der Waals surface area contributed by atoms with Crippen LogP contribution in [0.3, 0.4) is 0 Å². The molecule has 3 N–H and O–H groups in total. The van der Waals surface area contributed by atoms with Crippen molar-refractivity contribution in [2.75, 3.05) is 19.6 Å². The summed E-state index contributed by atoms with van der Waals surface area (Å²) in [6.45, 7) is 4.66. The summed E-state index contributed by atoms with van der Waals surface area (Å²) in [5.41, 5.74) is 3.90. The molecule has 1 aromatic carbocycles. The molecule has 2 rings (SSSR count). The van der Waals surface area contributed by atoms with Gasteiger partial charge in [0.25, 0.3) is 5.91 Å². The Bertz CT molecular complexity index is 629. The molecule has 1 fully saturated rings. The number of carbonyl (C=O) groups excluding carboxylic acids is 1. The number of nitrogens with one attached hydrogen (secondary N) is 2. The molecular weight excluding hydrogens is 337 g/mol. The second-order valence-corrected chi connectivity index (χ2v) is 6.39. The number of carbonyl (C=O) groups is 2. The zero-order valence-electron chi connectivity index (χ0n) is 13.6. The van der Waals surface area contributed by atoms with Crippen LogP contribution >= 0.6 is 11.6 Å². The largest absolute Gasteiger partial charge is 0.481 e. The topological polar surface area (TPSA) is 81.7 Å². The van der Waals surface area contributed by atoms with Gasteiger partial charge in [-0.3, -0.25) is 15.0 Å². The Hall–Kier alpha value is -1.70. The van der Waals surface area contributed by atoms with Crippen molar-refractivity contribution in [3.63, 3.8) is 0 Å². The molecule has 8 heteroatoms. The second-order valence-electron chi connectivity index (χ2n) is 5.83. The Morgan fingerprint density at radius 3 is 2.83 bits per heavy atom. The van der Waals surface area contributed by atoms with Crippen molar-refractivity contribution in [1.29, 1.82) is 0 Å². The van der Waals surface area contributed by atoms with E-state index in [2.05, 4.69) is 10.7 Å². The first kappa shape index (κ1) is 18.6. The van der Waals surface area contributed by atoms with Gasteiger partial charge in [-0.25, -0.2) is 9.40 Å². The van der Waals surface area contributed by atoms with E-state index in [1.165, 1.54) is 13.0 Å². The fourth-order valence-corrected chi connectivity index (χ4v) is 3.01. The zero-order valence-corrected chi connectivity index (χ0v) is 14.3. The maximum atomic E-state index is 14.0. The van der Waals surface area contributed by atoms with Crippen molar-refractivity contribution in [3.05, 3.63) is 35.1 Å². The van der Waals surface area contributed by atoms with E-state index in [0.717, 1.165) is 6.07 Å².